The molecule has 1 saturated heterocycles. The Labute approximate surface area is 180 Å². The van der Waals surface area contributed by atoms with Crippen LogP contribution in [0, 0.1) is 12.7 Å². The third kappa shape index (κ3) is 4.37. The van der Waals surface area contributed by atoms with Gasteiger partial charge in [0.05, 0.1) is 23.3 Å². The van der Waals surface area contributed by atoms with E-state index in [2.05, 4.69) is 10.3 Å². The van der Waals surface area contributed by atoms with E-state index in [1.165, 1.54) is 23.0 Å². The van der Waals surface area contributed by atoms with Crippen LogP contribution >= 0.6 is 12.4 Å². The average Bonchev–Trinajstić information content (AvgIpc) is 2.73. The van der Waals surface area contributed by atoms with Crippen molar-refractivity contribution in [1.29, 1.82) is 0 Å². The molecule has 1 unspecified atom stereocenters. The Kier molecular flexibility index (Phi) is 6.84. The van der Waals surface area contributed by atoms with Crippen LogP contribution < -0.4 is 10.9 Å². The number of carbonyl (C=O) groups is 1. The SMILES string of the molecule is Cc1cccc2c(=O)n(CCC(=O)N3CCNCC3c3cccc(F)c3)cnc12.Cl. The molecule has 3 aromatic rings. The number of amides is 1. The summed E-state index contributed by atoms with van der Waals surface area (Å²) in [5.74, 6) is -0.374. The fourth-order valence-electron chi connectivity index (χ4n) is 3.87. The molecule has 6 nitrogen and oxygen atoms in total. The summed E-state index contributed by atoms with van der Waals surface area (Å²) in [6.07, 6.45) is 1.69. The lowest BCUT2D eigenvalue weighted by Gasteiger charge is -2.36. The molecule has 0 saturated carbocycles. The van der Waals surface area contributed by atoms with Gasteiger partial charge in [-0.05, 0) is 36.2 Å². The Morgan fingerprint density at radius 1 is 1.27 bits per heavy atom. The molecule has 8 heteroatoms. The van der Waals surface area contributed by atoms with Gasteiger partial charge in [0.2, 0.25) is 5.91 Å². The van der Waals surface area contributed by atoms with Crippen LogP contribution in [0.4, 0.5) is 4.39 Å². The monoisotopic (exact) mass is 430 g/mol. The summed E-state index contributed by atoms with van der Waals surface area (Å²) in [6, 6.07) is 11.6. The second-order valence-corrected chi connectivity index (χ2v) is 7.33. The van der Waals surface area contributed by atoms with Crippen LogP contribution in [0.3, 0.4) is 0 Å². The molecular weight excluding hydrogens is 407 g/mol. The van der Waals surface area contributed by atoms with Crippen LogP contribution in [0.5, 0.6) is 0 Å². The molecule has 158 valence electrons. The molecule has 1 aliphatic rings. The van der Waals surface area contributed by atoms with Crippen molar-refractivity contribution in [1.82, 2.24) is 19.8 Å². The molecule has 0 radical (unpaired) electrons. The molecule has 1 aliphatic heterocycles. The molecule has 1 aromatic heterocycles. The van der Waals surface area contributed by atoms with E-state index in [4.69, 9.17) is 0 Å². The van der Waals surface area contributed by atoms with E-state index >= 15 is 0 Å². The van der Waals surface area contributed by atoms with Gasteiger partial charge in [0, 0.05) is 32.6 Å². The van der Waals surface area contributed by atoms with E-state index < -0.39 is 0 Å². The summed E-state index contributed by atoms with van der Waals surface area (Å²) < 4.78 is 15.1. The van der Waals surface area contributed by atoms with Crippen LogP contribution in [-0.2, 0) is 11.3 Å². The minimum atomic E-state index is -0.315. The highest BCUT2D eigenvalue weighted by atomic mass is 35.5. The van der Waals surface area contributed by atoms with Crippen molar-refractivity contribution < 1.29 is 9.18 Å². The minimum Gasteiger partial charge on any atom is -0.333 e. The van der Waals surface area contributed by atoms with Crippen molar-refractivity contribution >= 4 is 29.2 Å². The molecule has 0 spiro atoms. The van der Waals surface area contributed by atoms with Gasteiger partial charge in [-0.15, -0.1) is 12.4 Å². The highest BCUT2D eigenvalue weighted by molar-refractivity contribution is 5.85. The van der Waals surface area contributed by atoms with Gasteiger partial charge < -0.3 is 10.2 Å². The Hall–Kier alpha value is -2.77. The average molecular weight is 431 g/mol. The molecule has 1 atom stereocenters. The number of halogens is 2. The number of nitrogens with zero attached hydrogens (tertiary/aromatic N) is 3. The number of aromatic nitrogens is 2. The third-order valence-electron chi connectivity index (χ3n) is 5.42. The predicted octanol–water partition coefficient (Wildman–Crippen LogP) is 2.83. The van der Waals surface area contributed by atoms with Gasteiger partial charge in [-0.25, -0.2) is 9.37 Å². The largest absolute Gasteiger partial charge is 0.333 e. The molecule has 0 aliphatic carbocycles. The van der Waals surface area contributed by atoms with Crippen molar-refractivity contribution in [2.75, 3.05) is 19.6 Å². The highest BCUT2D eigenvalue weighted by Crippen LogP contribution is 2.23. The number of carbonyl (C=O) groups excluding carboxylic acids is 1. The zero-order chi connectivity index (χ0) is 20.4. The Balaban J connectivity index is 0.00000256. The first-order valence-corrected chi connectivity index (χ1v) is 9.75. The molecule has 2 heterocycles. The lowest BCUT2D eigenvalue weighted by molar-refractivity contribution is -0.134. The van der Waals surface area contributed by atoms with Crippen LogP contribution in [-0.4, -0.2) is 40.0 Å². The Morgan fingerprint density at radius 3 is 2.87 bits per heavy atom. The van der Waals surface area contributed by atoms with Gasteiger partial charge in [-0.2, -0.15) is 0 Å². The quantitative estimate of drug-likeness (QED) is 0.691. The topological polar surface area (TPSA) is 67.2 Å². The summed E-state index contributed by atoms with van der Waals surface area (Å²) in [5, 5.41) is 3.82. The second kappa shape index (κ2) is 9.36. The van der Waals surface area contributed by atoms with E-state index in [0.29, 0.717) is 30.5 Å². The van der Waals surface area contributed by atoms with Gasteiger partial charge in [-0.1, -0.05) is 24.3 Å². The van der Waals surface area contributed by atoms with Crippen molar-refractivity contribution in [3.8, 4) is 0 Å². The maximum absolute atomic E-state index is 13.7. The molecule has 1 N–H and O–H groups in total. The van der Waals surface area contributed by atoms with Gasteiger partial charge in [0.25, 0.3) is 5.56 Å². The number of rotatable bonds is 4. The van der Waals surface area contributed by atoms with E-state index in [9.17, 15) is 14.0 Å². The number of fused-ring (bicyclic) bond motifs is 1. The van der Waals surface area contributed by atoms with Gasteiger partial charge in [0.15, 0.2) is 0 Å². The van der Waals surface area contributed by atoms with E-state index in [1.54, 1.807) is 17.0 Å². The number of hydrogen-bond donors (Lipinski definition) is 1. The highest BCUT2D eigenvalue weighted by Gasteiger charge is 2.27. The summed E-state index contributed by atoms with van der Waals surface area (Å²) >= 11 is 0. The van der Waals surface area contributed by atoms with Crippen molar-refractivity contribution in [3.05, 3.63) is 76.1 Å². The van der Waals surface area contributed by atoms with Crippen molar-refractivity contribution in [2.45, 2.75) is 25.9 Å². The van der Waals surface area contributed by atoms with Crippen molar-refractivity contribution in [3.63, 3.8) is 0 Å². The Bertz CT molecular complexity index is 1120. The molecule has 4 rings (SSSR count). The number of benzene rings is 2. The van der Waals surface area contributed by atoms with Crippen LogP contribution in [0.1, 0.15) is 23.6 Å². The molecule has 2 aromatic carbocycles. The molecule has 1 fully saturated rings. The van der Waals surface area contributed by atoms with Crippen molar-refractivity contribution in [2.24, 2.45) is 0 Å². The van der Waals surface area contributed by atoms with Crippen LogP contribution in [0.2, 0.25) is 0 Å². The maximum Gasteiger partial charge on any atom is 0.261 e. The fourth-order valence-corrected chi connectivity index (χ4v) is 3.87. The number of para-hydroxylation sites is 1. The standard InChI is InChI=1S/C22H23FN4O2.ClH/c1-15-4-2-7-18-21(15)25-14-26(22(18)29)10-8-20(28)27-11-9-24-13-19(27)16-5-3-6-17(23)12-16;/h2-7,12,14,19,24H,8-11,13H2,1H3;1H. The minimum absolute atomic E-state index is 0. The molecule has 0 bridgehead atoms. The fraction of sp³-hybridized carbons (Fsp3) is 0.318. The first-order valence-electron chi connectivity index (χ1n) is 9.75. The van der Waals surface area contributed by atoms with E-state index in [-0.39, 0.29) is 48.7 Å². The molecular formula is C22H24ClFN4O2. The van der Waals surface area contributed by atoms with Crippen LogP contribution in [0.15, 0.2) is 53.6 Å². The van der Waals surface area contributed by atoms with Gasteiger partial charge in [-0.3, -0.25) is 14.2 Å². The number of nitrogens with one attached hydrogen (secondary N) is 1. The maximum atomic E-state index is 13.7. The van der Waals surface area contributed by atoms with Gasteiger partial charge >= 0.3 is 0 Å². The first-order chi connectivity index (χ1) is 14.0. The van der Waals surface area contributed by atoms with Crippen LogP contribution in [0.25, 0.3) is 10.9 Å². The zero-order valence-corrected chi connectivity index (χ0v) is 17.5. The zero-order valence-electron chi connectivity index (χ0n) is 16.7. The second-order valence-electron chi connectivity index (χ2n) is 7.33. The normalized spacial score (nSPS) is 16.3. The Morgan fingerprint density at radius 2 is 2.07 bits per heavy atom. The van der Waals surface area contributed by atoms with E-state index in [0.717, 1.165) is 11.1 Å². The molecule has 30 heavy (non-hydrogen) atoms. The lowest BCUT2D eigenvalue weighted by atomic mass is 10.0. The number of hydrogen-bond acceptors (Lipinski definition) is 4. The summed E-state index contributed by atoms with van der Waals surface area (Å²) in [6.45, 7) is 3.98. The number of piperazine rings is 1. The summed E-state index contributed by atoms with van der Waals surface area (Å²) in [4.78, 5) is 31.8. The molecule has 1 amide bonds. The summed E-state index contributed by atoms with van der Waals surface area (Å²) in [5.41, 5.74) is 2.26. The predicted molar refractivity (Wildman–Crippen MR) is 116 cm³/mol. The third-order valence-corrected chi connectivity index (χ3v) is 5.42. The number of aryl methyl sites for hydroxylation is 2. The lowest BCUT2D eigenvalue weighted by Crippen LogP contribution is -2.49. The van der Waals surface area contributed by atoms with E-state index in [1.807, 2.05) is 25.1 Å². The first kappa shape index (κ1) is 21.9. The van der Waals surface area contributed by atoms with Gasteiger partial charge in [0.1, 0.15) is 5.82 Å². The smallest absolute Gasteiger partial charge is 0.261 e. The summed E-state index contributed by atoms with van der Waals surface area (Å²) in [7, 11) is 0.